The molecule has 1 N–H and O–H groups in total. The number of rotatable bonds is 5. The van der Waals surface area contributed by atoms with Gasteiger partial charge in [-0.2, -0.15) is 0 Å². The smallest absolute Gasteiger partial charge is 0.119 e. The van der Waals surface area contributed by atoms with Crippen LogP contribution in [0.15, 0.2) is 60.9 Å². The van der Waals surface area contributed by atoms with Gasteiger partial charge in [-0.3, -0.25) is 4.98 Å². The lowest BCUT2D eigenvalue weighted by Crippen LogP contribution is -2.17. The summed E-state index contributed by atoms with van der Waals surface area (Å²) in [6.45, 7) is 6.63. The predicted octanol–water partition coefficient (Wildman–Crippen LogP) is 5.99. The summed E-state index contributed by atoms with van der Waals surface area (Å²) in [6.07, 6.45) is 4.64. The molecule has 0 spiro atoms. The van der Waals surface area contributed by atoms with Crippen LogP contribution in [-0.2, 0) is 5.41 Å². The highest BCUT2D eigenvalue weighted by atomic mass is 16.5. The van der Waals surface area contributed by atoms with Crippen molar-refractivity contribution >= 4 is 10.8 Å². The van der Waals surface area contributed by atoms with Crippen LogP contribution in [0.5, 0.6) is 5.75 Å². The summed E-state index contributed by atoms with van der Waals surface area (Å²) in [6, 6.07) is 16.6. The van der Waals surface area contributed by atoms with Crippen molar-refractivity contribution in [3.8, 4) is 28.3 Å². The molecule has 0 aliphatic rings. The molecule has 0 atom stereocenters. The summed E-state index contributed by atoms with van der Waals surface area (Å²) in [5.74, 6) is 1.87. The van der Waals surface area contributed by atoms with E-state index < -0.39 is 0 Å². The lowest BCUT2D eigenvalue weighted by Gasteiger charge is -2.19. The fraction of sp³-hybridized carbons (Fsp3) is 0.250. The van der Waals surface area contributed by atoms with Crippen LogP contribution in [0, 0.1) is 0 Å². The summed E-state index contributed by atoms with van der Waals surface area (Å²) in [5, 5.41) is 2.32. The van der Waals surface area contributed by atoms with Gasteiger partial charge in [-0.1, -0.05) is 39.0 Å². The zero-order chi connectivity index (χ0) is 19.7. The Bertz CT molecular complexity index is 1110. The maximum atomic E-state index is 5.34. The molecule has 0 unspecified atom stereocenters. The number of nitrogens with one attached hydrogen (secondary N) is 1. The van der Waals surface area contributed by atoms with Crippen LogP contribution in [-0.4, -0.2) is 22.1 Å². The Morgan fingerprint density at radius 1 is 0.929 bits per heavy atom. The summed E-state index contributed by atoms with van der Waals surface area (Å²) in [5.41, 5.74) is 4.17. The third-order valence-corrected chi connectivity index (χ3v) is 5.52. The lowest BCUT2D eigenvalue weighted by atomic mass is 9.89. The number of aromatic amines is 1. The molecule has 28 heavy (non-hydrogen) atoms. The number of nitrogens with zero attached hydrogens (tertiary/aromatic N) is 2. The topological polar surface area (TPSA) is 50.8 Å². The fourth-order valence-electron chi connectivity index (χ4n) is 3.30. The van der Waals surface area contributed by atoms with E-state index in [0.29, 0.717) is 0 Å². The molecule has 0 aliphatic heterocycles. The maximum absolute atomic E-state index is 5.34. The van der Waals surface area contributed by atoms with Gasteiger partial charge in [-0.05, 0) is 47.5 Å². The average molecular weight is 371 g/mol. The SMILES string of the molecule is CCC(C)(C)c1nc(-c2ccc3cc(OC)ccc3c2)c(-c2ccncc2)[nH]1. The highest BCUT2D eigenvalue weighted by molar-refractivity contribution is 5.90. The van der Waals surface area contributed by atoms with Crippen LogP contribution in [0.3, 0.4) is 0 Å². The van der Waals surface area contributed by atoms with Gasteiger partial charge in [0.25, 0.3) is 0 Å². The molecule has 0 amide bonds. The largest absolute Gasteiger partial charge is 0.497 e. The number of fused-ring (bicyclic) bond motifs is 1. The van der Waals surface area contributed by atoms with Crippen molar-refractivity contribution in [3.05, 3.63) is 66.7 Å². The monoisotopic (exact) mass is 371 g/mol. The van der Waals surface area contributed by atoms with Crippen LogP contribution in [0.25, 0.3) is 33.3 Å². The molecule has 4 aromatic rings. The average Bonchev–Trinajstić information content (AvgIpc) is 3.20. The number of ether oxygens (including phenoxy) is 1. The van der Waals surface area contributed by atoms with Crippen molar-refractivity contribution in [2.45, 2.75) is 32.6 Å². The molecule has 0 bridgehead atoms. The normalized spacial score (nSPS) is 11.7. The second kappa shape index (κ2) is 7.12. The van der Waals surface area contributed by atoms with Crippen molar-refractivity contribution in [3.63, 3.8) is 0 Å². The number of benzene rings is 2. The van der Waals surface area contributed by atoms with E-state index >= 15 is 0 Å². The molecule has 2 aromatic heterocycles. The molecule has 0 aliphatic carbocycles. The molecule has 0 saturated carbocycles. The summed E-state index contributed by atoms with van der Waals surface area (Å²) in [4.78, 5) is 12.8. The number of hydrogen-bond donors (Lipinski definition) is 1. The van der Waals surface area contributed by atoms with E-state index in [-0.39, 0.29) is 5.41 Å². The fourth-order valence-corrected chi connectivity index (χ4v) is 3.30. The Labute approximate surface area is 165 Å². The minimum atomic E-state index is -0.0236. The quantitative estimate of drug-likeness (QED) is 0.469. The van der Waals surface area contributed by atoms with Crippen molar-refractivity contribution in [2.24, 2.45) is 0 Å². The first-order valence-corrected chi connectivity index (χ1v) is 9.61. The van der Waals surface area contributed by atoms with E-state index in [9.17, 15) is 0 Å². The zero-order valence-corrected chi connectivity index (χ0v) is 16.8. The van der Waals surface area contributed by atoms with Gasteiger partial charge < -0.3 is 9.72 Å². The van der Waals surface area contributed by atoms with E-state index in [4.69, 9.17) is 9.72 Å². The van der Waals surface area contributed by atoms with Crippen molar-refractivity contribution < 1.29 is 4.74 Å². The minimum absolute atomic E-state index is 0.0236. The molecular weight excluding hydrogens is 346 g/mol. The van der Waals surface area contributed by atoms with Crippen LogP contribution >= 0.6 is 0 Å². The third kappa shape index (κ3) is 3.26. The van der Waals surface area contributed by atoms with E-state index in [1.54, 1.807) is 7.11 Å². The van der Waals surface area contributed by atoms with E-state index in [2.05, 4.69) is 61.1 Å². The highest BCUT2D eigenvalue weighted by Crippen LogP contribution is 2.36. The zero-order valence-electron chi connectivity index (χ0n) is 16.8. The highest BCUT2D eigenvalue weighted by Gasteiger charge is 2.25. The first-order chi connectivity index (χ1) is 13.5. The second-order valence-electron chi connectivity index (χ2n) is 7.71. The van der Waals surface area contributed by atoms with Gasteiger partial charge in [0.1, 0.15) is 11.6 Å². The number of aromatic nitrogens is 3. The van der Waals surface area contributed by atoms with E-state index in [1.165, 1.54) is 5.39 Å². The minimum Gasteiger partial charge on any atom is -0.497 e. The van der Waals surface area contributed by atoms with Gasteiger partial charge in [-0.15, -0.1) is 0 Å². The number of H-pyrrole nitrogens is 1. The number of methoxy groups -OCH3 is 1. The van der Waals surface area contributed by atoms with Crippen LogP contribution < -0.4 is 4.74 Å². The van der Waals surface area contributed by atoms with Crippen molar-refractivity contribution in [1.29, 1.82) is 0 Å². The molecule has 2 heterocycles. The number of pyridine rings is 1. The van der Waals surface area contributed by atoms with Crippen LogP contribution in [0.1, 0.15) is 33.0 Å². The second-order valence-corrected chi connectivity index (χ2v) is 7.71. The van der Waals surface area contributed by atoms with E-state index in [1.807, 2.05) is 30.6 Å². The Morgan fingerprint density at radius 3 is 2.36 bits per heavy atom. The Hall–Kier alpha value is -3.14. The number of imidazole rings is 1. The summed E-state index contributed by atoms with van der Waals surface area (Å²) in [7, 11) is 1.69. The molecule has 142 valence electrons. The molecule has 4 nitrogen and oxygen atoms in total. The van der Waals surface area contributed by atoms with Crippen molar-refractivity contribution in [2.75, 3.05) is 7.11 Å². The molecule has 4 heteroatoms. The van der Waals surface area contributed by atoms with Crippen LogP contribution in [0.2, 0.25) is 0 Å². The lowest BCUT2D eigenvalue weighted by molar-refractivity contribution is 0.415. The predicted molar refractivity (Wildman–Crippen MR) is 115 cm³/mol. The molecular formula is C24H25N3O. The van der Waals surface area contributed by atoms with Gasteiger partial charge in [-0.25, -0.2) is 4.98 Å². The van der Waals surface area contributed by atoms with Crippen LogP contribution in [0.4, 0.5) is 0 Å². The first-order valence-electron chi connectivity index (χ1n) is 9.61. The summed E-state index contributed by atoms with van der Waals surface area (Å²) < 4.78 is 5.34. The summed E-state index contributed by atoms with van der Waals surface area (Å²) >= 11 is 0. The molecule has 0 radical (unpaired) electrons. The van der Waals surface area contributed by atoms with Crippen molar-refractivity contribution in [1.82, 2.24) is 15.0 Å². The van der Waals surface area contributed by atoms with Gasteiger partial charge >= 0.3 is 0 Å². The molecule has 4 rings (SSSR count). The van der Waals surface area contributed by atoms with Gasteiger partial charge in [0.15, 0.2) is 0 Å². The standard InChI is InChI=1S/C24H25N3O/c1-5-24(2,3)23-26-21(16-10-12-25-13-11-16)22(27-23)19-7-6-18-15-20(28-4)9-8-17(18)14-19/h6-15H,5H2,1-4H3,(H,26,27). The third-order valence-electron chi connectivity index (χ3n) is 5.52. The maximum Gasteiger partial charge on any atom is 0.119 e. The number of hydrogen-bond acceptors (Lipinski definition) is 3. The Morgan fingerprint density at radius 2 is 1.64 bits per heavy atom. The molecule has 0 fully saturated rings. The van der Waals surface area contributed by atoms with E-state index in [0.717, 1.165) is 45.9 Å². The Kier molecular flexibility index (Phi) is 4.63. The van der Waals surface area contributed by atoms with Gasteiger partial charge in [0, 0.05) is 28.9 Å². The Balaban J connectivity index is 1.89. The van der Waals surface area contributed by atoms with Gasteiger partial charge in [0.05, 0.1) is 18.5 Å². The first kappa shape index (κ1) is 18.2. The molecule has 0 saturated heterocycles. The molecule has 2 aromatic carbocycles. The van der Waals surface area contributed by atoms with Gasteiger partial charge in [0.2, 0.25) is 0 Å².